The lowest BCUT2D eigenvalue weighted by molar-refractivity contribution is -0.0233. The minimum Gasteiger partial charge on any atom is -0.380 e. The molecule has 0 amide bonds. The van der Waals surface area contributed by atoms with Crippen LogP contribution in [-0.2, 0) is 4.74 Å². The molecule has 1 saturated heterocycles. The predicted octanol–water partition coefficient (Wildman–Crippen LogP) is 2.88. The molecule has 108 valence electrons. The highest BCUT2D eigenvalue weighted by Crippen LogP contribution is 2.31. The van der Waals surface area contributed by atoms with Gasteiger partial charge < -0.3 is 10.5 Å². The van der Waals surface area contributed by atoms with Crippen molar-refractivity contribution in [2.45, 2.75) is 44.9 Å². The van der Waals surface area contributed by atoms with E-state index in [-0.39, 0.29) is 6.04 Å². The van der Waals surface area contributed by atoms with Crippen molar-refractivity contribution < 1.29 is 4.74 Å². The molecule has 4 heteroatoms. The van der Waals surface area contributed by atoms with Crippen LogP contribution in [0.1, 0.15) is 38.3 Å². The summed E-state index contributed by atoms with van der Waals surface area (Å²) < 4.78 is 5.63. The molecule has 0 spiro atoms. The maximum absolute atomic E-state index is 6.38. The number of methoxy groups -OCH3 is 1. The lowest BCUT2D eigenvalue weighted by Gasteiger charge is -2.42. The summed E-state index contributed by atoms with van der Waals surface area (Å²) in [4.78, 5) is 2.52. The molecular weight excluding hydrogens is 256 g/mol. The Balaban J connectivity index is 2.15. The summed E-state index contributed by atoms with van der Waals surface area (Å²) >= 11 is 1.75. The van der Waals surface area contributed by atoms with Gasteiger partial charge in [0.1, 0.15) is 0 Å². The molecule has 4 atom stereocenters. The molecule has 1 aliphatic heterocycles. The van der Waals surface area contributed by atoms with Crippen molar-refractivity contribution in [2.24, 2.45) is 11.7 Å². The summed E-state index contributed by atoms with van der Waals surface area (Å²) in [6.45, 7) is 6.57. The predicted molar refractivity (Wildman–Crippen MR) is 81.5 cm³/mol. The van der Waals surface area contributed by atoms with Crippen molar-refractivity contribution >= 4 is 11.3 Å². The first-order valence-corrected chi connectivity index (χ1v) is 8.16. The van der Waals surface area contributed by atoms with Gasteiger partial charge in [-0.15, -0.1) is 0 Å². The highest BCUT2D eigenvalue weighted by Gasteiger charge is 2.33. The number of hydrogen-bond acceptors (Lipinski definition) is 4. The first-order chi connectivity index (χ1) is 9.17. The Morgan fingerprint density at radius 2 is 2.37 bits per heavy atom. The van der Waals surface area contributed by atoms with Gasteiger partial charge in [-0.1, -0.05) is 13.8 Å². The zero-order valence-electron chi connectivity index (χ0n) is 12.2. The minimum atomic E-state index is 0.195. The van der Waals surface area contributed by atoms with Gasteiger partial charge in [0.2, 0.25) is 0 Å². The largest absolute Gasteiger partial charge is 0.380 e. The van der Waals surface area contributed by atoms with Gasteiger partial charge in [0.05, 0.1) is 12.1 Å². The fraction of sp³-hybridized carbons (Fsp3) is 0.733. The quantitative estimate of drug-likeness (QED) is 0.902. The van der Waals surface area contributed by atoms with Gasteiger partial charge in [-0.2, -0.15) is 11.3 Å². The molecule has 2 rings (SSSR count). The maximum atomic E-state index is 6.38. The molecule has 0 saturated carbocycles. The Morgan fingerprint density at radius 3 is 2.95 bits per heavy atom. The Hall–Kier alpha value is -0.420. The minimum absolute atomic E-state index is 0.195. The second kappa shape index (κ2) is 6.84. The summed E-state index contributed by atoms with van der Waals surface area (Å²) in [5, 5.41) is 4.38. The SMILES string of the molecule is CCC(N)C(c1ccsc1)N1CCC(C)C(OC)C1. The van der Waals surface area contributed by atoms with E-state index in [1.54, 1.807) is 11.3 Å². The van der Waals surface area contributed by atoms with Crippen LogP contribution in [0.2, 0.25) is 0 Å². The fourth-order valence-corrected chi connectivity index (χ4v) is 3.70. The maximum Gasteiger partial charge on any atom is 0.0724 e. The van der Waals surface area contributed by atoms with E-state index >= 15 is 0 Å². The molecule has 1 fully saturated rings. The summed E-state index contributed by atoms with van der Waals surface area (Å²) in [6.07, 6.45) is 2.53. The Morgan fingerprint density at radius 1 is 1.58 bits per heavy atom. The molecule has 3 nitrogen and oxygen atoms in total. The number of nitrogens with two attached hydrogens (primary N) is 1. The van der Waals surface area contributed by atoms with Gasteiger partial charge in [0.25, 0.3) is 0 Å². The van der Waals surface area contributed by atoms with Gasteiger partial charge in [0.15, 0.2) is 0 Å². The van der Waals surface area contributed by atoms with Crippen LogP contribution in [-0.4, -0.2) is 37.2 Å². The fourth-order valence-electron chi connectivity index (χ4n) is 3.01. The van der Waals surface area contributed by atoms with Crippen LogP contribution in [0.5, 0.6) is 0 Å². The van der Waals surface area contributed by atoms with E-state index in [2.05, 4.69) is 35.6 Å². The average Bonchev–Trinajstić information content (AvgIpc) is 2.94. The first kappa shape index (κ1) is 15.0. The van der Waals surface area contributed by atoms with Crippen molar-refractivity contribution in [1.29, 1.82) is 0 Å². The van der Waals surface area contributed by atoms with Crippen LogP contribution in [0.15, 0.2) is 16.8 Å². The highest BCUT2D eigenvalue weighted by atomic mass is 32.1. The van der Waals surface area contributed by atoms with Gasteiger partial charge in [-0.3, -0.25) is 4.90 Å². The topological polar surface area (TPSA) is 38.5 Å². The molecule has 1 aromatic rings. The standard InChI is InChI=1S/C15H26N2OS/c1-4-13(16)15(12-6-8-19-10-12)17-7-5-11(2)14(9-17)18-3/h6,8,10-11,13-15H,4-5,7,9,16H2,1-3H3. The zero-order valence-corrected chi connectivity index (χ0v) is 13.0. The molecular formula is C15H26N2OS. The molecule has 0 radical (unpaired) electrons. The van der Waals surface area contributed by atoms with Crippen LogP contribution < -0.4 is 5.73 Å². The summed E-state index contributed by atoms with van der Waals surface area (Å²) in [7, 11) is 1.82. The lowest BCUT2D eigenvalue weighted by atomic mass is 9.91. The van der Waals surface area contributed by atoms with Gasteiger partial charge in [-0.25, -0.2) is 0 Å². The summed E-state index contributed by atoms with van der Waals surface area (Å²) in [6, 6.07) is 2.74. The van der Waals surface area contributed by atoms with Crippen LogP contribution in [0.4, 0.5) is 0 Å². The Kier molecular flexibility index (Phi) is 5.39. The highest BCUT2D eigenvalue weighted by molar-refractivity contribution is 7.07. The van der Waals surface area contributed by atoms with Gasteiger partial charge in [0, 0.05) is 19.7 Å². The summed E-state index contributed by atoms with van der Waals surface area (Å²) in [5.41, 5.74) is 7.75. The molecule has 0 aliphatic carbocycles. The van der Waals surface area contributed by atoms with E-state index in [1.165, 1.54) is 12.0 Å². The van der Waals surface area contributed by atoms with Crippen LogP contribution in [0.25, 0.3) is 0 Å². The second-order valence-electron chi connectivity index (χ2n) is 5.61. The Bertz CT molecular complexity index is 368. The van der Waals surface area contributed by atoms with Gasteiger partial charge >= 0.3 is 0 Å². The average molecular weight is 282 g/mol. The molecule has 1 aliphatic rings. The number of hydrogen-bond donors (Lipinski definition) is 1. The number of rotatable bonds is 5. The monoisotopic (exact) mass is 282 g/mol. The lowest BCUT2D eigenvalue weighted by Crippen LogP contribution is -2.49. The molecule has 4 unspecified atom stereocenters. The molecule has 2 heterocycles. The molecule has 19 heavy (non-hydrogen) atoms. The third-order valence-corrected chi connectivity index (χ3v) is 5.08. The van der Waals surface area contributed by atoms with Crippen molar-refractivity contribution in [3.63, 3.8) is 0 Å². The van der Waals surface area contributed by atoms with Crippen molar-refractivity contribution in [3.8, 4) is 0 Å². The van der Waals surface area contributed by atoms with E-state index in [9.17, 15) is 0 Å². The molecule has 1 aromatic heterocycles. The van der Waals surface area contributed by atoms with Crippen molar-refractivity contribution in [1.82, 2.24) is 4.90 Å². The number of nitrogens with zero attached hydrogens (tertiary/aromatic N) is 1. The summed E-state index contributed by atoms with van der Waals surface area (Å²) in [5.74, 6) is 0.641. The van der Waals surface area contributed by atoms with E-state index in [0.29, 0.717) is 18.1 Å². The van der Waals surface area contributed by atoms with E-state index < -0.39 is 0 Å². The number of ether oxygens (including phenoxy) is 1. The number of likely N-dealkylation sites (tertiary alicyclic amines) is 1. The van der Waals surface area contributed by atoms with Crippen molar-refractivity contribution in [2.75, 3.05) is 20.2 Å². The molecule has 0 aromatic carbocycles. The van der Waals surface area contributed by atoms with E-state index in [4.69, 9.17) is 10.5 Å². The smallest absolute Gasteiger partial charge is 0.0724 e. The van der Waals surface area contributed by atoms with Gasteiger partial charge in [-0.05, 0) is 47.7 Å². The van der Waals surface area contributed by atoms with Crippen LogP contribution >= 0.6 is 11.3 Å². The molecule has 2 N–H and O–H groups in total. The van der Waals surface area contributed by atoms with E-state index in [0.717, 1.165) is 19.5 Å². The van der Waals surface area contributed by atoms with E-state index in [1.807, 2.05) is 7.11 Å². The third-order valence-electron chi connectivity index (χ3n) is 4.38. The second-order valence-corrected chi connectivity index (χ2v) is 6.39. The van der Waals surface area contributed by atoms with Crippen LogP contribution in [0.3, 0.4) is 0 Å². The third kappa shape index (κ3) is 3.37. The van der Waals surface area contributed by atoms with Crippen molar-refractivity contribution in [3.05, 3.63) is 22.4 Å². The zero-order chi connectivity index (χ0) is 13.8. The van der Waals surface area contributed by atoms with Crippen LogP contribution in [0, 0.1) is 5.92 Å². The Labute approximate surface area is 120 Å². The number of piperidine rings is 1. The molecule has 0 bridgehead atoms. The normalized spacial score (nSPS) is 28.2. The number of thiophene rings is 1. The first-order valence-electron chi connectivity index (χ1n) is 7.21.